The Bertz CT molecular complexity index is 650. The summed E-state index contributed by atoms with van der Waals surface area (Å²) in [6.45, 7) is 0. The average Bonchev–Trinajstić information content (AvgIpc) is 2.41. The third-order valence-electron chi connectivity index (χ3n) is 2.37. The van der Waals surface area contributed by atoms with Crippen LogP contribution in [0.5, 0.6) is 5.75 Å². The minimum atomic E-state index is -0.459. The molecule has 0 spiro atoms. The fourth-order valence-electron chi connectivity index (χ4n) is 1.43. The summed E-state index contributed by atoms with van der Waals surface area (Å²) in [7, 11) is 1.40. The van der Waals surface area contributed by atoms with E-state index in [-0.39, 0.29) is 5.75 Å². The third kappa shape index (κ3) is 3.59. The van der Waals surface area contributed by atoms with E-state index in [0.29, 0.717) is 21.4 Å². The van der Waals surface area contributed by atoms with Crippen molar-refractivity contribution in [1.29, 1.82) is 0 Å². The van der Waals surface area contributed by atoms with Gasteiger partial charge in [0.05, 0.1) is 23.4 Å². The van der Waals surface area contributed by atoms with E-state index in [4.69, 9.17) is 27.9 Å². The van der Waals surface area contributed by atoms with Crippen LogP contribution in [0.15, 0.2) is 35.6 Å². The smallest absolute Gasteiger partial charge is 0.165 e. The van der Waals surface area contributed by atoms with Crippen molar-refractivity contribution >= 4 is 35.2 Å². The SMILES string of the molecule is COc1ccc(/C=N\Nc2ncc(Cl)cc2Cl)cc1F. The zero-order valence-corrected chi connectivity index (χ0v) is 11.9. The van der Waals surface area contributed by atoms with E-state index in [1.807, 2.05) is 0 Å². The highest BCUT2D eigenvalue weighted by Crippen LogP contribution is 2.22. The Morgan fingerprint density at radius 1 is 1.35 bits per heavy atom. The molecule has 0 saturated heterocycles. The second-order valence-electron chi connectivity index (χ2n) is 3.75. The van der Waals surface area contributed by atoms with E-state index >= 15 is 0 Å². The first-order chi connectivity index (χ1) is 9.60. The van der Waals surface area contributed by atoms with Gasteiger partial charge in [-0.05, 0) is 29.8 Å². The highest BCUT2D eigenvalue weighted by Gasteiger charge is 2.03. The van der Waals surface area contributed by atoms with Crippen molar-refractivity contribution in [1.82, 2.24) is 4.98 Å². The molecule has 1 aromatic heterocycles. The highest BCUT2D eigenvalue weighted by molar-refractivity contribution is 6.35. The van der Waals surface area contributed by atoms with E-state index in [1.54, 1.807) is 12.1 Å². The molecule has 2 aromatic rings. The molecule has 0 atom stereocenters. The Morgan fingerprint density at radius 2 is 2.15 bits per heavy atom. The topological polar surface area (TPSA) is 46.5 Å². The minimum absolute atomic E-state index is 0.178. The van der Waals surface area contributed by atoms with Crippen LogP contribution < -0.4 is 10.2 Å². The lowest BCUT2D eigenvalue weighted by molar-refractivity contribution is 0.386. The summed E-state index contributed by atoms with van der Waals surface area (Å²) in [5.41, 5.74) is 3.22. The number of hydrazone groups is 1. The molecule has 0 radical (unpaired) electrons. The number of nitrogens with one attached hydrogen (secondary N) is 1. The molecule has 0 bridgehead atoms. The van der Waals surface area contributed by atoms with Gasteiger partial charge in [-0.3, -0.25) is 5.43 Å². The fraction of sp³-hybridized carbons (Fsp3) is 0.0769. The summed E-state index contributed by atoms with van der Waals surface area (Å²) in [5.74, 6) is 0.0814. The number of methoxy groups -OCH3 is 1. The quantitative estimate of drug-likeness (QED) is 0.686. The number of ether oxygens (including phenoxy) is 1. The van der Waals surface area contributed by atoms with Gasteiger partial charge in [-0.25, -0.2) is 9.37 Å². The first-order valence-corrected chi connectivity index (χ1v) is 6.29. The number of benzene rings is 1. The molecule has 104 valence electrons. The van der Waals surface area contributed by atoms with Gasteiger partial charge in [-0.15, -0.1) is 0 Å². The van der Waals surface area contributed by atoms with Crippen LogP contribution in [0.25, 0.3) is 0 Å². The van der Waals surface area contributed by atoms with Crippen molar-refractivity contribution in [3.05, 3.63) is 51.9 Å². The van der Waals surface area contributed by atoms with Crippen molar-refractivity contribution in [3.63, 3.8) is 0 Å². The van der Waals surface area contributed by atoms with Crippen molar-refractivity contribution in [3.8, 4) is 5.75 Å². The van der Waals surface area contributed by atoms with Crippen LogP contribution in [0.4, 0.5) is 10.2 Å². The molecule has 0 aliphatic rings. The van der Waals surface area contributed by atoms with Crippen molar-refractivity contribution in [2.45, 2.75) is 0 Å². The molecular formula is C13H10Cl2FN3O. The molecule has 0 unspecified atom stereocenters. The van der Waals surface area contributed by atoms with Gasteiger partial charge in [0.1, 0.15) is 0 Å². The van der Waals surface area contributed by atoms with E-state index in [9.17, 15) is 4.39 Å². The Hall–Kier alpha value is -1.85. The van der Waals surface area contributed by atoms with Crippen LogP contribution >= 0.6 is 23.2 Å². The molecule has 0 aliphatic carbocycles. The van der Waals surface area contributed by atoms with Crippen molar-refractivity contribution in [2.75, 3.05) is 12.5 Å². The Morgan fingerprint density at radius 3 is 2.80 bits per heavy atom. The largest absolute Gasteiger partial charge is 0.494 e. The van der Waals surface area contributed by atoms with Crippen LogP contribution in [0, 0.1) is 5.82 Å². The van der Waals surface area contributed by atoms with Gasteiger partial charge in [-0.2, -0.15) is 5.10 Å². The molecule has 2 rings (SSSR count). The lowest BCUT2D eigenvalue weighted by Crippen LogP contribution is -1.95. The lowest BCUT2D eigenvalue weighted by atomic mass is 10.2. The molecule has 1 heterocycles. The number of anilines is 1. The van der Waals surface area contributed by atoms with Gasteiger partial charge in [0.25, 0.3) is 0 Å². The number of nitrogens with zero attached hydrogens (tertiary/aromatic N) is 2. The van der Waals surface area contributed by atoms with Crippen LogP contribution in [-0.2, 0) is 0 Å². The summed E-state index contributed by atoms with van der Waals surface area (Å²) in [5, 5.41) is 4.70. The van der Waals surface area contributed by atoms with E-state index in [0.717, 1.165) is 0 Å². The first kappa shape index (κ1) is 14.6. The molecule has 0 aliphatic heterocycles. The number of halogens is 3. The third-order valence-corrected chi connectivity index (χ3v) is 2.86. The average molecular weight is 314 g/mol. The maximum absolute atomic E-state index is 13.5. The van der Waals surface area contributed by atoms with Crippen molar-refractivity contribution in [2.24, 2.45) is 5.10 Å². The van der Waals surface area contributed by atoms with E-state index < -0.39 is 5.82 Å². The van der Waals surface area contributed by atoms with Gasteiger partial charge in [0.2, 0.25) is 0 Å². The Kier molecular flexibility index (Phi) is 4.76. The van der Waals surface area contributed by atoms with Gasteiger partial charge >= 0.3 is 0 Å². The second-order valence-corrected chi connectivity index (χ2v) is 4.59. The summed E-state index contributed by atoms with van der Waals surface area (Å²) in [6, 6.07) is 6.04. The minimum Gasteiger partial charge on any atom is -0.494 e. The molecule has 4 nitrogen and oxygen atoms in total. The Balaban J connectivity index is 2.08. The second kappa shape index (κ2) is 6.54. The normalized spacial score (nSPS) is 10.8. The Labute approximate surface area is 125 Å². The monoisotopic (exact) mass is 313 g/mol. The maximum Gasteiger partial charge on any atom is 0.165 e. The van der Waals surface area contributed by atoms with Crippen molar-refractivity contribution < 1.29 is 9.13 Å². The van der Waals surface area contributed by atoms with Gasteiger partial charge in [0, 0.05) is 6.20 Å². The van der Waals surface area contributed by atoms with Crippen LogP contribution in [0.3, 0.4) is 0 Å². The number of hydrogen-bond donors (Lipinski definition) is 1. The summed E-state index contributed by atoms with van der Waals surface area (Å²) < 4.78 is 18.3. The van der Waals surface area contributed by atoms with E-state index in [1.165, 1.54) is 31.7 Å². The highest BCUT2D eigenvalue weighted by atomic mass is 35.5. The standard InChI is InChI=1S/C13H10Cl2FN3O/c1-20-12-3-2-8(4-11(12)16)6-18-19-13-10(15)5-9(14)7-17-13/h2-7H,1H3,(H,17,19)/b18-6-. The zero-order valence-electron chi connectivity index (χ0n) is 10.4. The molecule has 0 amide bonds. The molecule has 20 heavy (non-hydrogen) atoms. The van der Waals surface area contributed by atoms with Crippen LogP contribution in [0.1, 0.15) is 5.56 Å². The number of hydrogen-bond acceptors (Lipinski definition) is 4. The maximum atomic E-state index is 13.5. The molecule has 1 N–H and O–H groups in total. The molecule has 1 aromatic carbocycles. The predicted molar refractivity (Wildman–Crippen MR) is 78.4 cm³/mol. The van der Waals surface area contributed by atoms with Crippen LogP contribution in [0.2, 0.25) is 10.0 Å². The zero-order chi connectivity index (χ0) is 14.5. The summed E-state index contributed by atoms with van der Waals surface area (Å²) >= 11 is 11.6. The van der Waals surface area contributed by atoms with Gasteiger partial charge < -0.3 is 4.74 Å². The molecule has 7 heteroatoms. The van der Waals surface area contributed by atoms with Crippen LogP contribution in [-0.4, -0.2) is 18.3 Å². The number of pyridine rings is 1. The first-order valence-electron chi connectivity index (χ1n) is 5.54. The van der Waals surface area contributed by atoms with E-state index in [2.05, 4.69) is 15.5 Å². The lowest BCUT2D eigenvalue weighted by Gasteiger charge is -2.03. The fourth-order valence-corrected chi connectivity index (χ4v) is 1.85. The molecular weight excluding hydrogens is 304 g/mol. The summed E-state index contributed by atoms with van der Waals surface area (Å²) in [6.07, 6.45) is 2.88. The molecule has 0 saturated carbocycles. The molecule has 0 fully saturated rings. The van der Waals surface area contributed by atoms with Gasteiger partial charge in [-0.1, -0.05) is 23.2 Å². The number of rotatable bonds is 4. The predicted octanol–water partition coefficient (Wildman–Crippen LogP) is 3.98. The summed E-state index contributed by atoms with van der Waals surface area (Å²) in [4.78, 5) is 3.97. The van der Waals surface area contributed by atoms with Gasteiger partial charge in [0.15, 0.2) is 17.4 Å². The number of aromatic nitrogens is 1.